The molecule has 1 aliphatic heterocycles. The van der Waals surface area contributed by atoms with Gasteiger partial charge in [0.2, 0.25) is 0 Å². The van der Waals surface area contributed by atoms with Crippen LogP contribution < -0.4 is 5.32 Å². The molecule has 1 atom stereocenters. The molecule has 0 aromatic carbocycles. The van der Waals surface area contributed by atoms with Gasteiger partial charge in [-0.15, -0.1) is 0 Å². The molecular formula is C8H16N2. The van der Waals surface area contributed by atoms with Crippen molar-refractivity contribution >= 4 is 5.71 Å². The van der Waals surface area contributed by atoms with Crippen LogP contribution in [0, 0.1) is 0 Å². The van der Waals surface area contributed by atoms with Gasteiger partial charge in [0.05, 0.1) is 0 Å². The van der Waals surface area contributed by atoms with E-state index in [4.69, 9.17) is 0 Å². The molecule has 1 aliphatic rings. The Kier molecular flexibility index (Phi) is 2.09. The summed E-state index contributed by atoms with van der Waals surface area (Å²) in [6.07, 6.45) is 2.17. The van der Waals surface area contributed by atoms with Gasteiger partial charge >= 0.3 is 0 Å². The van der Waals surface area contributed by atoms with E-state index in [-0.39, 0.29) is 5.66 Å². The van der Waals surface area contributed by atoms with Gasteiger partial charge in [-0.25, -0.2) is 0 Å². The lowest BCUT2D eigenvalue weighted by Gasteiger charge is -2.17. The van der Waals surface area contributed by atoms with Crippen LogP contribution in [-0.4, -0.2) is 17.9 Å². The minimum atomic E-state index is 0.0470. The van der Waals surface area contributed by atoms with Crippen LogP contribution in [0.2, 0.25) is 0 Å². The van der Waals surface area contributed by atoms with Gasteiger partial charge in [-0.3, -0.25) is 10.3 Å². The quantitative estimate of drug-likeness (QED) is 0.618. The van der Waals surface area contributed by atoms with Crippen LogP contribution in [0.15, 0.2) is 4.99 Å². The number of hydrogen-bond donors (Lipinski definition) is 1. The van der Waals surface area contributed by atoms with Crippen molar-refractivity contribution < 1.29 is 0 Å². The van der Waals surface area contributed by atoms with Crippen molar-refractivity contribution in [1.29, 1.82) is 0 Å². The predicted octanol–water partition coefficient (Wildman–Crippen LogP) is 1.57. The van der Waals surface area contributed by atoms with Crippen molar-refractivity contribution in [3.8, 4) is 0 Å². The summed E-state index contributed by atoms with van der Waals surface area (Å²) in [4.78, 5) is 4.56. The fourth-order valence-corrected chi connectivity index (χ4v) is 1.13. The second-order valence-electron chi connectivity index (χ2n) is 3.01. The molecule has 0 bridgehead atoms. The van der Waals surface area contributed by atoms with Gasteiger partial charge < -0.3 is 0 Å². The number of nitrogens with zero attached hydrogens (tertiary/aromatic N) is 1. The first-order valence-corrected chi connectivity index (χ1v) is 4.03. The van der Waals surface area contributed by atoms with Crippen LogP contribution in [0.5, 0.6) is 0 Å². The van der Waals surface area contributed by atoms with E-state index >= 15 is 0 Å². The molecule has 58 valence electrons. The Hall–Kier alpha value is -0.370. The molecule has 0 saturated heterocycles. The Bertz CT molecular complexity index is 151. The first-order chi connectivity index (χ1) is 4.70. The van der Waals surface area contributed by atoms with Gasteiger partial charge in [-0.05, 0) is 19.8 Å². The van der Waals surface area contributed by atoms with Crippen LogP contribution in [0.25, 0.3) is 0 Å². The highest BCUT2D eigenvalue weighted by Gasteiger charge is 2.25. The number of nitrogens with one attached hydrogen (secondary N) is 1. The molecule has 10 heavy (non-hydrogen) atoms. The largest absolute Gasteiger partial charge is 0.288 e. The second-order valence-corrected chi connectivity index (χ2v) is 3.01. The van der Waals surface area contributed by atoms with E-state index in [0.717, 1.165) is 19.4 Å². The fraction of sp³-hybridized carbons (Fsp3) is 0.875. The van der Waals surface area contributed by atoms with Gasteiger partial charge in [-0.1, -0.05) is 13.8 Å². The first-order valence-electron chi connectivity index (χ1n) is 4.03. The summed E-state index contributed by atoms with van der Waals surface area (Å²) in [7, 11) is 0. The third kappa shape index (κ3) is 1.37. The SMILES string of the molecule is CCC1=NC(C)(CC)NC1. The average Bonchev–Trinajstić information content (AvgIpc) is 2.33. The third-order valence-corrected chi connectivity index (χ3v) is 2.17. The lowest BCUT2D eigenvalue weighted by atomic mass is 10.2. The summed E-state index contributed by atoms with van der Waals surface area (Å²) in [6.45, 7) is 7.45. The smallest absolute Gasteiger partial charge is 0.107 e. The fourth-order valence-electron chi connectivity index (χ4n) is 1.13. The topological polar surface area (TPSA) is 24.4 Å². The molecule has 0 amide bonds. The van der Waals surface area contributed by atoms with Crippen molar-refractivity contribution in [1.82, 2.24) is 5.32 Å². The Balaban J connectivity index is 2.61. The number of hydrogen-bond acceptors (Lipinski definition) is 2. The molecule has 1 N–H and O–H groups in total. The highest BCUT2D eigenvalue weighted by molar-refractivity contribution is 5.88. The zero-order chi connectivity index (χ0) is 7.61. The summed E-state index contributed by atoms with van der Waals surface area (Å²) >= 11 is 0. The Labute approximate surface area is 62.7 Å². The normalized spacial score (nSPS) is 32.5. The van der Waals surface area contributed by atoms with Crippen LogP contribution >= 0.6 is 0 Å². The lowest BCUT2D eigenvalue weighted by molar-refractivity contribution is 0.404. The summed E-state index contributed by atoms with van der Waals surface area (Å²) in [5.41, 5.74) is 1.36. The maximum atomic E-state index is 4.56. The van der Waals surface area contributed by atoms with Gasteiger partial charge in [0, 0.05) is 12.3 Å². The lowest BCUT2D eigenvalue weighted by Crippen LogP contribution is -2.35. The van der Waals surface area contributed by atoms with Crippen molar-refractivity contribution in [2.45, 2.75) is 39.3 Å². The van der Waals surface area contributed by atoms with Crippen molar-refractivity contribution in [3.05, 3.63) is 0 Å². The van der Waals surface area contributed by atoms with E-state index in [2.05, 4.69) is 31.1 Å². The van der Waals surface area contributed by atoms with Crippen LogP contribution in [0.3, 0.4) is 0 Å². The minimum Gasteiger partial charge on any atom is -0.288 e. The van der Waals surface area contributed by atoms with Gasteiger partial charge in [0.15, 0.2) is 0 Å². The molecule has 2 heteroatoms. The maximum Gasteiger partial charge on any atom is 0.107 e. The van der Waals surface area contributed by atoms with E-state index in [1.54, 1.807) is 0 Å². The van der Waals surface area contributed by atoms with Gasteiger partial charge in [0.1, 0.15) is 5.66 Å². The molecule has 0 aliphatic carbocycles. The molecule has 2 nitrogen and oxygen atoms in total. The molecule has 1 rings (SSSR count). The van der Waals surface area contributed by atoms with E-state index in [1.165, 1.54) is 5.71 Å². The third-order valence-electron chi connectivity index (χ3n) is 2.17. The van der Waals surface area contributed by atoms with E-state index in [0.29, 0.717) is 0 Å². The monoisotopic (exact) mass is 140 g/mol. The van der Waals surface area contributed by atoms with Gasteiger partial charge in [-0.2, -0.15) is 0 Å². The molecule has 0 aromatic heterocycles. The van der Waals surface area contributed by atoms with E-state index in [9.17, 15) is 0 Å². The van der Waals surface area contributed by atoms with Crippen molar-refractivity contribution in [3.63, 3.8) is 0 Å². The highest BCUT2D eigenvalue weighted by Crippen LogP contribution is 2.16. The molecule has 1 unspecified atom stereocenters. The molecule has 0 saturated carbocycles. The van der Waals surface area contributed by atoms with E-state index < -0.39 is 0 Å². The van der Waals surface area contributed by atoms with E-state index in [1.807, 2.05) is 0 Å². The standard InChI is InChI=1S/C8H16N2/c1-4-7-6-9-8(3,5-2)10-7/h9H,4-6H2,1-3H3. The molecule has 0 fully saturated rings. The Morgan fingerprint density at radius 2 is 2.30 bits per heavy atom. The predicted molar refractivity (Wildman–Crippen MR) is 44.4 cm³/mol. The molecule has 0 aromatic rings. The van der Waals surface area contributed by atoms with Crippen LogP contribution in [0.4, 0.5) is 0 Å². The summed E-state index contributed by atoms with van der Waals surface area (Å²) in [6, 6.07) is 0. The van der Waals surface area contributed by atoms with Gasteiger partial charge in [0.25, 0.3) is 0 Å². The highest BCUT2D eigenvalue weighted by atomic mass is 15.2. The van der Waals surface area contributed by atoms with Crippen molar-refractivity contribution in [2.24, 2.45) is 4.99 Å². The zero-order valence-corrected chi connectivity index (χ0v) is 7.07. The molecule has 0 radical (unpaired) electrons. The summed E-state index contributed by atoms with van der Waals surface area (Å²) in [5, 5.41) is 3.38. The second kappa shape index (κ2) is 2.70. The van der Waals surface area contributed by atoms with Crippen LogP contribution in [0.1, 0.15) is 33.6 Å². The van der Waals surface area contributed by atoms with Crippen LogP contribution in [-0.2, 0) is 0 Å². The number of rotatable bonds is 2. The summed E-state index contributed by atoms with van der Waals surface area (Å²) < 4.78 is 0. The molecule has 1 heterocycles. The number of aliphatic imine (C=N–C) groups is 1. The summed E-state index contributed by atoms with van der Waals surface area (Å²) in [5.74, 6) is 0. The average molecular weight is 140 g/mol. The van der Waals surface area contributed by atoms with Crippen molar-refractivity contribution in [2.75, 3.05) is 6.54 Å². The Morgan fingerprint density at radius 3 is 2.60 bits per heavy atom. The zero-order valence-electron chi connectivity index (χ0n) is 7.07. The first kappa shape index (κ1) is 7.73. The molecule has 0 spiro atoms. The minimum absolute atomic E-state index is 0.0470. The Morgan fingerprint density at radius 1 is 1.60 bits per heavy atom. The molecular weight excluding hydrogens is 124 g/mol. The maximum absolute atomic E-state index is 4.56.